The summed E-state index contributed by atoms with van der Waals surface area (Å²) in [7, 11) is 0. The number of carbonyl (C=O) groups is 2. The summed E-state index contributed by atoms with van der Waals surface area (Å²) in [6.45, 7) is 3.69. The molecule has 7 nitrogen and oxygen atoms in total. The topological polar surface area (TPSA) is 114 Å². The van der Waals surface area contributed by atoms with Crippen molar-refractivity contribution in [1.29, 1.82) is 0 Å². The number of rotatable bonds is 5. The van der Waals surface area contributed by atoms with Crippen molar-refractivity contribution in [2.75, 3.05) is 23.7 Å². The number of benzene rings is 1. The Kier molecular flexibility index (Phi) is 5.59. The number of nitrogens with one attached hydrogen (secondary N) is 1. The van der Waals surface area contributed by atoms with Crippen molar-refractivity contribution < 1.29 is 9.59 Å². The first-order valence-corrected chi connectivity index (χ1v) is 9.08. The lowest BCUT2D eigenvalue weighted by Gasteiger charge is -2.32. The van der Waals surface area contributed by atoms with Crippen LogP contribution in [-0.2, 0) is 11.3 Å². The second kappa shape index (κ2) is 8.07. The van der Waals surface area contributed by atoms with E-state index in [0.717, 1.165) is 42.9 Å². The summed E-state index contributed by atoms with van der Waals surface area (Å²) in [5, 5.41) is 2.95. The van der Waals surface area contributed by atoms with E-state index in [-0.39, 0.29) is 17.7 Å². The second-order valence-electron chi connectivity index (χ2n) is 6.91. The van der Waals surface area contributed by atoms with E-state index in [0.29, 0.717) is 17.8 Å². The van der Waals surface area contributed by atoms with Crippen molar-refractivity contribution in [1.82, 2.24) is 10.3 Å². The molecule has 3 rings (SSSR count). The van der Waals surface area contributed by atoms with Crippen molar-refractivity contribution in [3.05, 3.63) is 53.2 Å². The van der Waals surface area contributed by atoms with Crippen molar-refractivity contribution >= 4 is 23.3 Å². The number of anilines is 2. The van der Waals surface area contributed by atoms with Crippen molar-refractivity contribution in [2.24, 2.45) is 11.7 Å². The molecule has 2 heterocycles. The maximum Gasteiger partial charge on any atom is 0.251 e. The molecule has 2 amide bonds. The molecule has 1 aliphatic heterocycles. The Hall–Kier alpha value is -3.09. The Bertz CT molecular complexity index is 844. The number of pyridine rings is 1. The standard InChI is InChI=1S/C20H25N5O2/c1-13-4-5-16(21)11-17(13)20(27)24-12-15-3-2-8-23-19(15)25-9-6-14(7-10-25)18(22)26/h2-5,8,11,14H,6-7,9-10,12,21H2,1H3,(H2,22,26)(H,24,27). The number of amides is 2. The van der Waals surface area contributed by atoms with Gasteiger partial charge in [0.15, 0.2) is 0 Å². The minimum absolute atomic E-state index is 0.0698. The van der Waals surface area contributed by atoms with E-state index in [9.17, 15) is 9.59 Å². The third-order valence-corrected chi connectivity index (χ3v) is 5.01. The molecule has 2 aromatic rings. The Morgan fingerprint density at radius 1 is 1.26 bits per heavy atom. The second-order valence-corrected chi connectivity index (χ2v) is 6.91. The molecule has 142 valence electrons. The van der Waals surface area contributed by atoms with Crippen LogP contribution >= 0.6 is 0 Å². The van der Waals surface area contributed by atoms with Crippen LogP contribution < -0.4 is 21.7 Å². The van der Waals surface area contributed by atoms with Gasteiger partial charge < -0.3 is 21.7 Å². The van der Waals surface area contributed by atoms with Crippen LogP contribution in [0.2, 0.25) is 0 Å². The van der Waals surface area contributed by atoms with Gasteiger partial charge in [0.25, 0.3) is 5.91 Å². The summed E-state index contributed by atoms with van der Waals surface area (Å²) < 4.78 is 0. The molecule has 1 saturated heterocycles. The van der Waals surface area contributed by atoms with E-state index in [1.165, 1.54) is 0 Å². The number of primary amides is 1. The molecule has 1 aromatic carbocycles. The summed E-state index contributed by atoms with van der Waals surface area (Å²) in [6, 6.07) is 9.11. The predicted octanol–water partition coefficient (Wildman–Crippen LogP) is 1.60. The number of aryl methyl sites for hydroxylation is 1. The molecule has 0 radical (unpaired) electrons. The van der Waals surface area contributed by atoms with Gasteiger partial charge in [0, 0.05) is 48.6 Å². The molecule has 1 fully saturated rings. The zero-order valence-electron chi connectivity index (χ0n) is 15.4. The van der Waals surface area contributed by atoms with E-state index < -0.39 is 0 Å². The quantitative estimate of drug-likeness (QED) is 0.695. The van der Waals surface area contributed by atoms with Gasteiger partial charge in [-0.3, -0.25) is 9.59 Å². The fourth-order valence-corrected chi connectivity index (χ4v) is 3.38. The first-order valence-electron chi connectivity index (χ1n) is 9.08. The minimum atomic E-state index is -0.235. The number of aromatic nitrogens is 1. The molecule has 0 bridgehead atoms. The number of piperidine rings is 1. The third-order valence-electron chi connectivity index (χ3n) is 5.01. The lowest BCUT2D eigenvalue weighted by Crippen LogP contribution is -2.39. The van der Waals surface area contributed by atoms with Crippen LogP contribution in [0, 0.1) is 12.8 Å². The highest BCUT2D eigenvalue weighted by Crippen LogP contribution is 2.24. The minimum Gasteiger partial charge on any atom is -0.399 e. The fraction of sp³-hybridized carbons (Fsp3) is 0.350. The van der Waals surface area contributed by atoms with Crippen molar-refractivity contribution in [3.63, 3.8) is 0 Å². The summed E-state index contributed by atoms with van der Waals surface area (Å²) in [4.78, 5) is 30.5. The van der Waals surface area contributed by atoms with Crippen LogP contribution in [0.1, 0.15) is 34.3 Å². The number of nitrogens with two attached hydrogens (primary N) is 2. The van der Waals surface area contributed by atoms with Gasteiger partial charge in [0.2, 0.25) is 5.91 Å². The SMILES string of the molecule is Cc1ccc(N)cc1C(=O)NCc1cccnc1N1CCC(C(N)=O)CC1. The predicted molar refractivity (Wildman–Crippen MR) is 105 cm³/mol. The highest BCUT2D eigenvalue weighted by atomic mass is 16.2. The molecule has 1 aromatic heterocycles. The highest BCUT2D eigenvalue weighted by Gasteiger charge is 2.25. The fourth-order valence-electron chi connectivity index (χ4n) is 3.38. The molecular weight excluding hydrogens is 342 g/mol. The van der Waals surface area contributed by atoms with Crippen LogP contribution in [0.4, 0.5) is 11.5 Å². The number of nitrogens with zero attached hydrogens (tertiary/aromatic N) is 2. The monoisotopic (exact) mass is 367 g/mol. The number of nitrogen functional groups attached to an aromatic ring is 1. The summed E-state index contributed by atoms with van der Waals surface area (Å²) in [5.74, 6) is 0.368. The zero-order valence-corrected chi connectivity index (χ0v) is 15.4. The van der Waals surface area contributed by atoms with E-state index in [1.54, 1.807) is 18.3 Å². The first-order chi connectivity index (χ1) is 13.0. The molecule has 27 heavy (non-hydrogen) atoms. The lowest BCUT2D eigenvalue weighted by atomic mass is 9.96. The van der Waals surface area contributed by atoms with Gasteiger partial charge in [-0.2, -0.15) is 0 Å². The third kappa shape index (κ3) is 4.36. The van der Waals surface area contributed by atoms with E-state index in [4.69, 9.17) is 11.5 Å². The molecule has 5 N–H and O–H groups in total. The van der Waals surface area contributed by atoms with Crippen LogP contribution in [0.5, 0.6) is 0 Å². The molecule has 1 aliphatic rings. The largest absolute Gasteiger partial charge is 0.399 e. The van der Waals surface area contributed by atoms with E-state index >= 15 is 0 Å². The molecule has 0 aliphatic carbocycles. The molecular formula is C20H25N5O2. The summed E-state index contributed by atoms with van der Waals surface area (Å²) in [5.41, 5.74) is 14.2. The Labute approximate surface area is 158 Å². The van der Waals surface area contributed by atoms with Gasteiger partial charge in [0.05, 0.1) is 0 Å². The number of carbonyl (C=O) groups excluding carboxylic acids is 2. The van der Waals surface area contributed by atoms with Crippen LogP contribution in [0.15, 0.2) is 36.5 Å². The molecule has 0 unspecified atom stereocenters. The highest BCUT2D eigenvalue weighted by molar-refractivity contribution is 5.96. The summed E-state index contributed by atoms with van der Waals surface area (Å²) >= 11 is 0. The lowest BCUT2D eigenvalue weighted by molar-refractivity contribution is -0.122. The van der Waals surface area contributed by atoms with Crippen molar-refractivity contribution in [3.8, 4) is 0 Å². The van der Waals surface area contributed by atoms with E-state index in [2.05, 4.69) is 15.2 Å². The van der Waals surface area contributed by atoms with Gasteiger partial charge >= 0.3 is 0 Å². The van der Waals surface area contributed by atoms with Crippen LogP contribution in [0.3, 0.4) is 0 Å². The average Bonchev–Trinajstić information content (AvgIpc) is 2.68. The molecule has 0 saturated carbocycles. The maximum absolute atomic E-state index is 12.5. The van der Waals surface area contributed by atoms with Gasteiger partial charge in [0.1, 0.15) is 5.82 Å². The number of hydrogen-bond donors (Lipinski definition) is 3. The van der Waals surface area contributed by atoms with Crippen LogP contribution in [0.25, 0.3) is 0 Å². The first kappa shape index (κ1) is 18.7. The normalized spacial score (nSPS) is 14.8. The Morgan fingerprint density at radius 3 is 2.70 bits per heavy atom. The maximum atomic E-state index is 12.5. The average molecular weight is 367 g/mol. The number of hydrogen-bond acceptors (Lipinski definition) is 5. The zero-order chi connectivity index (χ0) is 19.4. The van der Waals surface area contributed by atoms with Gasteiger partial charge in [-0.15, -0.1) is 0 Å². The van der Waals surface area contributed by atoms with Gasteiger partial charge in [-0.25, -0.2) is 4.98 Å². The van der Waals surface area contributed by atoms with Gasteiger partial charge in [-0.1, -0.05) is 12.1 Å². The smallest absolute Gasteiger partial charge is 0.251 e. The summed E-state index contributed by atoms with van der Waals surface area (Å²) in [6.07, 6.45) is 3.18. The molecule has 0 spiro atoms. The molecule has 7 heteroatoms. The van der Waals surface area contributed by atoms with Crippen LogP contribution in [-0.4, -0.2) is 29.9 Å². The van der Waals surface area contributed by atoms with Crippen molar-refractivity contribution in [2.45, 2.75) is 26.3 Å². The Morgan fingerprint density at radius 2 is 2.00 bits per heavy atom. The molecule has 0 atom stereocenters. The Balaban J connectivity index is 1.69. The van der Waals surface area contributed by atoms with Gasteiger partial charge in [-0.05, 0) is 43.5 Å². The van der Waals surface area contributed by atoms with E-state index in [1.807, 2.05) is 25.1 Å².